The fourth-order valence-corrected chi connectivity index (χ4v) is 6.08. The van der Waals surface area contributed by atoms with Crippen LogP contribution >= 0.6 is 0 Å². The lowest BCUT2D eigenvalue weighted by atomic mass is 9.97. The van der Waals surface area contributed by atoms with Gasteiger partial charge in [-0.15, -0.1) is 0 Å². The van der Waals surface area contributed by atoms with E-state index in [1.165, 1.54) is 10.6 Å². The maximum atomic E-state index is 12.1. The molecule has 2 saturated heterocycles. The number of sulfonamides is 1. The number of hydrogen-bond acceptors (Lipinski definition) is 5. The van der Waals surface area contributed by atoms with Gasteiger partial charge in [0, 0.05) is 25.6 Å². The number of carbonyl (C=O) groups is 1. The van der Waals surface area contributed by atoms with Gasteiger partial charge < -0.3 is 5.32 Å². The van der Waals surface area contributed by atoms with E-state index >= 15 is 0 Å². The van der Waals surface area contributed by atoms with E-state index < -0.39 is 19.9 Å². The molecule has 0 aromatic heterocycles. The number of amides is 1. The van der Waals surface area contributed by atoms with Gasteiger partial charge in [-0.2, -0.15) is 0 Å². The Bertz CT molecular complexity index is 622. The molecule has 23 heavy (non-hydrogen) atoms. The molecule has 2 fully saturated rings. The summed E-state index contributed by atoms with van der Waals surface area (Å²) in [6, 6.07) is 0. The molecule has 0 aliphatic carbocycles. The predicted molar refractivity (Wildman–Crippen MR) is 88.1 cm³/mol. The van der Waals surface area contributed by atoms with E-state index in [1.54, 1.807) is 0 Å². The molecule has 0 bridgehead atoms. The van der Waals surface area contributed by atoms with E-state index in [0.717, 1.165) is 19.3 Å². The van der Waals surface area contributed by atoms with Crippen molar-refractivity contribution in [2.75, 3.05) is 37.4 Å². The summed E-state index contributed by atoms with van der Waals surface area (Å²) < 4.78 is 47.0. The summed E-state index contributed by atoms with van der Waals surface area (Å²) in [6.07, 6.45) is 4.65. The van der Waals surface area contributed by atoms with Crippen molar-refractivity contribution >= 4 is 25.8 Å². The Morgan fingerprint density at radius 3 is 2.39 bits per heavy atom. The molecule has 2 rings (SSSR count). The van der Waals surface area contributed by atoms with Crippen LogP contribution < -0.4 is 5.32 Å². The van der Waals surface area contributed by atoms with E-state index in [0.29, 0.717) is 38.2 Å². The van der Waals surface area contributed by atoms with Crippen LogP contribution in [0.1, 0.15) is 32.1 Å². The van der Waals surface area contributed by atoms with Crippen LogP contribution in [0.3, 0.4) is 0 Å². The maximum absolute atomic E-state index is 12.1. The van der Waals surface area contributed by atoms with E-state index in [1.807, 2.05) is 0 Å². The Morgan fingerprint density at radius 1 is 1.22 bits per heavy atom. The van der Waals surface area contributed by atoms with Gasteiger partial charge in [-0.1, -0.05) is 0 Å². The molecule has 134 valence electrons. The van der Waals surface area contributed by atoms with Crippen LogP contribution in [0.2, 0.25) is 0 Å². The summed E-state index contributed by atoms with van der Waals surface area (Å²) >= 11 is 0. The van der Waals surface area contributed by atoms with E-state index in [-0.39, 0.29) is 23.5 Å². The highest BCUT2D eigenvalue weighted by Crippen LogP contribution is 2.23. The maximum Gasteiger partial charge on any atom is 0.223 e. The van der Waals surface area contributed by atoms with Gasteiger partial charge >= 0.3 is 0 Å². The molecule has 2 heterocycles. The van der Waals surface area contributed by atoms with Crippen molar-refractivity contribution in [2.24, 2.45) is 11.8 Å². The first-order chi connectivity index (χ1) is 10.7. The minimum atomic E-state index is -3.16. The van der Waals surface area contributed by atoms with Crippen LogP contribution in [0.25, 0.3) is 0 Å². The largest absolute Gasteiger partial charge is 0.356 e. The second kappa shape index (κ2) is 7.48. The fraction of sp³-hybridized carbons (Fsp3) is 0.929. The Hall–Kier alpha value is -0.670. The molecular formula is C14H26N2O5S2. The van der Waals surface area contributed by atoms with Gasteiger partial charge in [0.15, 0.2) is 9.84 Å². The SMILES string of the molecule is CS(=O)(=O)N1CCC(C(=O)NCCCC2CCS(=O)(=O)C2)CC1. The van der Waals surface area contributed by atoms with Crippen LogP contribution in [-0.4, -0.2) is 64.4 Å². The zero-order chi connectivity index (χ0) is 17.1. The summed E-state index contributed by atoms with van der Waals surface area (Å²) in [5, 5.41) is 2.89. The molecule has 7 nitrogen and oxygen atoms in total. The Labute approximate surface area is 138 Å². The van der Waals surface area contributed by atoms with Crippen molar-refractivity contribution in [3.63, 3.8) is 0 Å². The van der Waals surface area contributed by atoms with E-state index in [9.17, 15) is 21.6 Å². The first-order valence-electron chi connectivity index (χ1n) is 8.10. The van der Waals surface area contributed by atoms with Crippen molar-refractivity contribution in [3.8, 4) is 0 Å². The number of hydrogen-bond donors (Lipinski definition) is 1. The molecular weight excluding hydrogens is 340 g/mol. The molecule has 1 amide bonds. The van der Waals surface area contributed by atoms with Crippen molar-refractivity contribution in [1.82, 2.24) is 9.62 Å². The molecule has 0 spiro atoms. The van der Waals surface area contributed by atoms with Crippen LogP contribution in [-0.2, 0) is 24.7 Å². The second-order valence-electron chi connectivity index (χ2n) is 6.64. The monoisotopic (exact) mass is 366 g/mol. The Kier molecular flexibility index (Phi) is 6.07. The summed E-state index contributed by atoms with van der Waals surface area (Å²) in [7, 11) is -5.99. The number of nitrogens with zero attached hydrogens (tertiary/aromatic N) is 1. The molecule has 1 atom stereocenters. The van der Waals surface area contributed by atoms with Crippen LogP contribution in [0, 0.1) is 11.8 Å². The summed E-state index contributed by atoms with van der Waals surface area (Å²) in [4.78, 5) is 12.1. The summed E-state index contributed by atoms with van der Waals surface area (Å²) in [5.41, 5.74) is 0. The minimum Gasteiger partial charge on any atom is -0.356 e. The quantitative estimate of drug-likeness (QED) is 0.666. The first-order valence-corrected chi connectivity index (χ1v) is 11.8. The van der Waals surface area contributed by atoms with Gasteiger partial charge in [-0.3, -0.25) is 4.79 Å². The molecule has 2 aliphatic heterocycles. The van der Waals surface area contributed by atoms with E-state index in [2.05, 4.69) is 5.32 Å². The first kappa shape index (κ1) is 18.7. The fourth-order valence-electron chi connectivity index (χ4n) is 3.30. The minimum absolute atomic E-state index is 0.0165. The average Bonchev–Trinajstić information content (AvgIpc) is 2.82. The third-order valence-electron chi connectivity index (χ3n) is 4.71. The molecule has 1 unspecified atom stereocenters. The predicted octanol–water partition coefficient (Wildman–Crippen LogP) is -0.0109. The summed E-state index contributed by atoms with van der Waals surface area (Å²) in [6.45, 7) is 1.36. The number of carbonyl (C=O) groups excluding carboxylic acids is 1. The smallest absolute Gasteiger partial charge is 0.223 e. The Balaban J connectivity index is 1.63. The number of nitrogens with one attached hydrogen (secondary N) is 1. The van der Waals surface area contributed by atoms with Gasteiger partial charge in [-0.05, 0) is 38.0 Å². The van der Waals surface area contributed by atoms with Crippen molar-refractivity contribution in [2.45, 2.75) is 32.1 Å². The lowest BCUT2D eigenvalue weighted by Crippen LogP contribution is -2.42. The summed E-state index contributed by atoms with van der Waals surface area (Å²) in [5.74, 6) is 0.667. The van der Waals surface area contributed by atoms with Crippen LogP contribution in [0.4, 0.5) is 0 Å². The number of sulfone groups is 1. The average molecular weight is 367 g/mol. The lowest BCUT2D eigenvalue weighted by Gasteiger charge is -2.29. The normalized spacial score (nSPS) is 26.2. The zero-order valence-corrected chi connectivity index (χ0v) is 15.2. The third-order valence-corrected chi connectivity index (χ3v) is 7.85. The standard InChI is InChI=1S/C14H26N2O5S2/c1-22(18,19)16-8-4-13(5-9-16)14(17)15-7-2-3-12-6-10-23(20,21)11-12/h12-13H,2-11H2,1H3,(H,15,17). The Morgan fingerprint density at radius 2 is 1.87 bits per heavy atom. The molecule has 9 heteroatoms. The highest BCUT2D eigenvalue weighted by Gasteiger charge is 2.29. The highest BCUT2D eigenvalue weighted by molar-refractivity contribution is 7.91. The molecule has 2 aliphatic rings. The number of rotatable bonds is 6. The van der Waals surface area contributed by atoms with Gasteiger partial charge in [0.25, 0.3) is 0 Å². The van der Waals surface area contributed by atoms with Gasteiger partial charge in [0.2, 0.25) is 15.9 Å². The van der Waals surface area contributed by atoms with Crippen molar-refractivity contribution in [1.29, 1.82) is 0 Å². The van der Waals surface area contributed by atoms with Crippen molar-refractivity contribution < 1.29 is 21.6 Å². The number of piperidine rings is 1. The second-order valence-corrected chi connectivity index (χ2v) is 10.8. The molecule has 1 N–H and O–H groups in total. The zero-order valence-electron chi connectivity index (χ0n) is 13.5. The molecule has 0 saturated carbocycles. The third kappa shape index (κ3) is 5.72. The van der Waals surface area contributed by atoms with Crippen LogP contribution in [0.5, 0.6) is 0 Å². The van der Waals surface area contributed by atoms with Gasteiger partial charge in [-0.25, -0.2) is 21.1 Å². The highest BCUT2D eigenvalue weighted by atomic mass is 32.2. The van der Waals surface area contributed by atoms with Gasteiger partial charge in [0.1, 0.15) is 0 Å². The lowest BCUT2D eigenvalue weighted by molar-refractivity contribution is -0.126. The molecule has 0 aromatic carbocycles. The van der Waals surface area contributed by atoms with E-state index in [4.69, 9.17) is 0 Å². The van der Waals surface area contributed by atoms with Crippen LogP contribution in [0.15, 0.2) is 0 Å². The molecule has 0 aromatic rings. The van der Waals surface area contributed by atoms with Crippen molar-refractivity contribution in [3.05, 3.63) is 0 Å². The topological polar surface area (TPSA) is 101 Å². The van der Waals surface area contributed by atoms with Gasteiger partial charge in [0.05, 0.1) is 17.8 Å². The molecule has 0 radical (unpaired) electrons.